The van der Waals surface area contributed by atoms with Gasteiger partial charge in [-0.25, -0.2) is 8.42 Å². The summed E-state index contributed by atoms with van der Waals surface area (Å²) in [5.74, 6) is 0. The number of thiophene rings is 1. The summed E-state index contributed by atoms with van der Waals surface area (Å²) in [5, 5.41) is 0. The zero-order valence-corrected chi connectivity index (χ0v) is 15.1. The van der Waals surface area contributed by atoms with E-state index in [2.05, 4.69) is 25.7 Å². The number of rotatable bonds is 4. The van der Waals surface area contributed by atoms with Gasteiger partial charge in [-0.2, -0.15) is 4.31 Å². The number of hydrogen-bond acceptors (Lipinski definition) is 4. The molecule has 0 aromatic carbocycles. The lowest BCUT2D eigenvalue weighted by molar-refractivity contribution is 0.141. The van der Waals surface area contributed by atoms with Gasteiger partial charge in [-0.05, 0) is 24.0 Å². The van der Waals surface area contributed by atoms with Gasteiger partial charge in [0.2, 0.25) is 0 Å². The molecule has 120 valence electrons. The quantitative estimate of drug-likeness (QED) is 0.852. The molecular weight excluding hydrogens is 304 g/mol. The monoisotopic (exact) mass is 330 g/mol. The van der Waals surface area contributed by atoms with E-state index in [1.165, 1.54) is 11.3 Å². The van der Waals surface area contributed by atoms with Crippen molar-refractivity contribution in [3.63, 3.8) is 0 Å². The molecule has 0 saturated carbocycles. The third-order valence-corrected chi connectivity index (χ3v) is 7.20. The van der Waals surface area contributed by atoms with Gasteiger partial charge >= 0.3 is 0 Å². The van der Waals surface area contributed by atoms with Crippen molar-refractivity contribution in [2.45, 2.75) is 38.3 Å². The van der Waals surface area contributed by atoms with Gasteiger partial charge < -0.3 is 4.90 Å². The van der Waals surface area contributed by atoms with Gasteiger partial charge in [0.1, 0.15) is 4.21 Å². The van der Waals surface area contributed by atoms with E-state index < -0.39 is 10.0 Å². The van der Waals surface area contributed by atoms with Crippen molar-refractivity contribution in [1.82, 2.24) is 9.21 Å². The average Bonchev–Trinajstić information content (AvgIpc) is 2.87. The van der Waals surface area contributed by atoms with Gasteiger partial charge in [-0.1, -0.05) is 27.7 Å². The predicted molar refractivity (Wildman–Crippen MR) is 88.4 cm³/mol. The zero-order chi connectivity index (χ0) is 15.7. The minimum atomic E-state index is -3.29. The molecule has 21 heavy (non-hydrogen) atoms. The first-order chi connectivity index (χ1) is 9.72. The van der Waals surface area contributed by atoms with Crippen molar-refractivity contribution in [1.29, 1.82) is 0 Å². The fraction of sp³-hybridized carbons (Fsp3) is 0.733. The van der Waals surface area contributed by atoms with Crippen LogP contribution in [0.5, 0.6) is 0 Å². The Morgan fingerprint density at radius 2 is 1.76 bits per heavy atom. The van der Waals surface area contributed by atoms with E-state index >= 15 is 0 Å². The highest BCUT2D eigenvalue weighted by atomic mass is 32.2. The Bertz CT molecular complexity index is 565. The summed E-state index contributed by atoms with van der Waals surface area (Å²) in [6.45, 7) is 12.5. The molecule has 0 radical (unpaired) electrons. The molecule has 0 unspecified atom stereocenters. The number of sulfonamides is 1. The van der Waals surface area contributed by atoms with E-state index in [1.54, 1.807) is 10.4 Å². The smallest absolute Gasteiger partial charge is 0.252 e. The van der Waals surface area contributed by atoms with E-state index in [-0.39, 0.29) is 5.41 Å². The Balaban J connectivity index is 2.01. The second kappa shape index (κ2) is 6.36. The van der Waals surface area contributed by atoms with Crippen molar-refractivity contribution >= 4 is 21.4 Å². The predicted octanol–water partition coefficient (Wildman–Crippen LogP) is 2.66. The maximum absolute atomic E-state index is 12.6. The molecule has 4 nitrogen and oxygen atoms in total. The van der Waals surface area contributed by atoms with Crippen LogP contribution >= 0.6 is 11.3 Å². The SMILES string of the molecule is CCc1ccc(S(=O)(=O)N2CCN(CC(C)(C)C)CC2)s1. The Labute approximate surface area is 132 Å². The summed E-state index contributed by atoms with van der Waals surface area (Å²) in [4.78, 5) is 3.48. The van der Waals surface area contributed by atoms with Crippen LogP contribution in [0.15, 0.2) is 16.3 Å². The van der Waals surface area contributed by atoms with E-state index in [4.69, 9.17) is 0 Å². The molecule has 1 fully saturated rings. The Morgan fingerprint density at radius 1 is 1.14 bits per heavy atom. The maximum atomic E-state index is 12.6. The largest absolute Gasteiger partial charge is 0.300 e. The molecule has 0 amide bonds. The number of nitrogens with zero attached hydrogens (tertiary/aromatic N) is 2. The highest BCUT2D eigenvalue weighted by Gasteiger charge is 2.30. The van der Waals surface area contributed by atoms with Crippen molar-refractivity contribution in [2.75, 3.05) is 32.7 Å². The minimum Gasteiger partial charge on any atom is -0.300 e. The Hall–Kier alpha value is -0.430. The second-order valence-corrected chi connectivity index (χ2v) is 10.1. The Kier molecular flexibility index (Phi) is 5.13. The molecule has 1 aromatic rings. The third kappa shape index (κ3) is 4.28. The highest BCUT2D eigenvalue weighted by Crippen LogP contribution is 2.26. The maximum Gasteiger partial charge on any atom is 0.252 e. The molecule has 1 aromatic heterocycles. The van der Waals surface area contributed by atoms with E-state index in [0.29, 0.717) is 17.3 Å². The molecule has 0 atom stereocenters. The van der Waals surface area contributed by atoms with Crippen LogP contribution in [-0.2, 0) is 16.4 Å². The first-order valence-electron chi connectivity index (χ1n) is 7.53. The van der Waals surface area contributed by atoms with Crippen LogP contribution in [0.1, 0.15) is 32.6 Å². The molecule has 2 rings (SSSR count). The fourth-order valence-electron chi connectivity index (χ4n) is 2.61. The summed E-state index contributed by atoms with van der Waals surface area (Å²) < 4.78 is 27.4. The number of piperazine rings is 1. The van der Waals surface area contributed by atoms with Gasteiger partial charge in [0.15, 0.2) is 0 Å². The minimum absolute atomic E-state index is 0.255. The highest BCUT2D eigenvalue weighted by molar-refractivity contribution is 7.91. The molecule has 0 spiro atoms. The number of aryl methyl sites for hydroxylation is 1. The van der Waals surface area contributed by atoms with Gasteiger partial charge in [-0.3, -0.25) is 0 Å². The standard InChI is InChI=1S/C15H26N2O2S2/c1-5-13-6-7-14(20-13)21(18,19)17-10-8-16(9-11-17)12-15(2,3)4/h6-7H,5,8-12H2,1-4H3. The zero-order valence-electron chi connectivity index (χ0n) is 13.4. The molecular formula is C15H26N2O2S2. The lowest BCUT2D eigenvalue weighted by Crippen LogP contribution is -2.50. The topological polar surface area (TPSA) is 40.6 Å². The van der Waals surface area contributed by atoms with E-state index in [9.17, 15) is 8.42 Å². The molecule has 0 N–H and O–H groups in total. The molecule has 6 heteroatoms. The van der Waals surface area contributed by atoms with Crippen LogP contribution in [0.2, 0.25) is 0 Å². The summed E-state index contributed by atoms with van der Waals surface area (Å²) >= 11 is 1.40. The van der Waals surface area contributed by atoms with Crippen LogP contribution in [0.4, 0.5) is 0 Å². The van der Waals surface area contributed by atoms with Crippen molar-refractivity contribution in [3.8, 4) is 0 Å². The van der Waals surface area contributed by atoms with Crippen molar-refractivity contribution in [2.24, 2.45) is 5.41 Å². The first kappa shape index (κ1) is 16.9. The molecule has 0 bridgehead atoms. The van der Waals surface area contributed by atoms with Crippen LogP contribution in [-0.4, -0.2) is 50.3 Å². The van der Waals surface area contributed by atoms with Crippen molar-refractivity contribution < 1.29 is 8.42 Å². The van der Waals surface area contributed by atoms with E-state index in [0.717, 1.165) is 30.9 Å². The van der Waals surface area contributed by atoms with Crippen molar-refractivity contribution in [3.05, 3.63) is 17.0 Å². The molecule has 1 aliphatic rings. The van der Waals surface area contributed by atoms with E-state index in [1.807, 2.05) is 13.0 Å². The van der Waals surface area contributed by atoms with Gasteiger partial charge in [0, 0.05) is 37.6 Å². The average molecular weight is 331 g/mol. The summed E-state index contributed by atoms with van der Waals surface area (Å²) in [5.41, 5.74) is 0.255. The fourth-order valence-corrected chi connectivity index (χ4v) is 5.48. The van der Waals surface area contributed by atoms with Crippen LogP contribution in [0.3, 0.4) is 0 Å². The molecule has 1 saturated heterocycles. The van der Waals surface area contributed by atoms with Gasteiger partial charge in [0.25, 0.3) is 10.0 Å². The third-order valence-electron chi connectivity index (χ3n) is 3.61. The lowest BCUT2D eigenvalue weighted by atomic mass is 9.96. The molecule has 0 aliphatic carbocycles. The first-order valence-corrected chi connectivity index (χ1v) is 9.79. The summed E-state index contributed by atoms with van der Waals surface area (Å²) in [6.07, 6.45) is 0.888. The van der Waals surface area contributed by atoms with Gasteiger partial charge in [0.05, 0.1) is 0 Å². The van der Waals surface area contributed by atoms with Crippen LogP contribution < -0.4 is 0 Å². The molecule has 1 aliphatic heterocycles. The van der Waals surface area contributed by atoms with Gasteiger partial charge in [-0.15, -0.1) is 11.3 Å². The second-order valence-electron chi connectivity index (χ2n) is 6.82. The van der Waals surface area contributed by atoms with Crippen LogP contribution in [0, 0.1) is 5.41 Å². The normalized spacial score (nSPS) is 19.0. The summed E-state index contributed by atoms with van der Waals surface area (Å²) in [7, 11) is -3.29. The lowest BCUT2D eigenvalue weighted by Gasteiger charge is -2.37. The molecule has 2 heterocycles. The number of hydrogen-bond donors (Lipinski definition) is 0. The Morgan fingerprint density at radius 3 is 2.24 bits per heavy atom. The summed E-state index contributed by atoms with van der Waals surface area (Å²) in [6, 6.07) is 3.67. The van der Waals surface area contributed by atoms with Crippen LogP contribution in [0.25, 0.3) is 0 Å².